The van der Waals surface area contributed by atoms with Gasteiger partial charge in [0.15, 0.2) is 0 Å². The molecular weight excluding hydrogens is 292 g/mol. The molecule has 1 saturated heterocycles. The number of amides is 1. The van der Waals surface area contributed by atoms with E-state index in [1.54, 1.807) is 12.0 Å². The average Bonchev–Trinajstić information content (AvgIpc) is 2.60. The van der Waals surface area contributed by atoms with Gasteiger partial charge in [-0.3, -0.25) is 4.79 Å². The van der Waals surface area contributed by atoms with E-state index in [4.69, 9.17) is 15.2 Å². The summed E-state index contributed by atoms with van der Waals surface area (Å²) in [6.07, 6.45) is 0. The number of benzene rings is 2. The quantitative estimate of drug-likeness (QED) is 0.862. The van der Waals surface area contributed by atoms with Crippen molar-refractivity contribution < 1.29 is 14.3 Å². The van der Waals surface area contributed by atoms with Gasteiger partial charge in [0, 0.05) is 5.69 Å². The first-order valence-electron chi connectivity index (χ1n) is 7.61. The van der Waals surface area contributed by atoms with E-state index in [2.05, 4.69) is 0 Å². The van der Waals surface area contributed by atoms with E-state index in [-0.39, 0.29) is 11.9 Å². The lowest BCUT2D eigenvalue weighted by molar-refractivity contribution is -0.126. The van der Waals surface area contributed by atoms with Gasteiger partial charge in [-0.05, 0) is 48.9 Å². The normalized spacial score (nSPS) is 20.1. The van der Waals surface area contributed by atoms with Crippen LogP contribution in [-0.2, 0) is 4.79 Å². The summed E-state index contributed by atoms with van der Waals surface area (Å²) in [6, 6.07) is 14.4. The molecule has 1 aliphatic rings. The lowest BCUT2D eigenvalue weighted by Gasteiger charge is -2.45. The number of β-lactam (4-membered cyclic amide) rings is 1. The summed E-state index contributed by atoms with van der Waals surface area (Å²) in [5.41, 5.74) is 7.81. The summed E-state index contributed by atoms with van der Waals surface area (Å²) < 4.78 is 10.7. The Balaban J connectivity index is 1.89. The van der Waals surface area contributed by atoms with E-state index in [1.807, 2.05) is 55.5 Å². The Hall–Kier alpha value is -2.53. The first-order chi connectivity index (χ1) is 11.2. The number of carbonyl (C=O) groups is 1. The molecule has 0 aromatic heterocycles. The van der Waals surface area contributed by atoms with Gasteiger partial charge in [-0.2, -0.15) is 0 Å². The number of ether oxygens (including phenoxy) is 2. The van der Waals surface area contributed by atoms with E-state index in [1.165, 1.54) is 0 Å². The molecular formula is C18H20N2O3. The van der Waals surface area contributed by atoms with Crippen LogP contribution in [0.25, 0.3) is 0 Å². The molecule has 2 atom stereocenters. The largest absolute Gasteiger partial charge is 0.497 e. The van der Waals surface area contributed by atoms with Crippen molar-refractivity contribution in [3.8, 4) is 11.5 Å². The molecule has 2 N–H and O–H groups in total. The zero-order valence-corrected chi connectivity index (χ0v) is 13.2. The maximum Gasteiger partial charge on any atom is 0.247 e. The topological polar surface area (TPSA) is 64.8 Å². The van der Waals surface area contributed by atoms with Crippen molar-refractivity contribution in [3.05, 3.63) is 54.1 Å². The first-order valence-corrected chi connectivity index (χ1v) is 7.61. The second kappa shape index (κ2) is 6.30. The molecule has 0 saturated carbocycles. The summed E-state index contributed by atoms with van der Waals surface area (Å²) in [5.74, 6) is 1.45. The highest BCUT2D eigenvalue weighted by molar-refractivity contribution is 6.05. The van der Waals surface area contributed by atoms with Gasteiger partial charge >= 0.3 is 0 Å². The van der Waals surface area contributed by atoms with Crippen molar-refractivity contribution in [2.75, 3.05) is 18.6 Å². The van der Waals surface area contributed by atoms with Crippen molar-refractivity contribution in [2.45, 2.75) is 19.0 Å². The molecule has 0 aliphatic carbocycles. The van der Waals surface area contributed by atoms with Crippen molar-refractivity contribution >= 4 is 11.6 Å². The maximum absolute atomic E-state index is 12.2. The fraction of sp³-hybridized carbons (Fsp3) is 0.278. The van der Waals surface area contributed by atoms with Crippen LogP contribution >= 0.6 is 0 Å². The fourth-order valence-electron chi connectivity index (χ4n) is 2.85. The molecule has 2 aromatic rings. The highest BCUT2D eigenvalue weighted by Gasteiger charge is 2.46. The van der Waals surface area contributed by atoms with Crippen molar-refractivity contribution in [1.82, 2.24) is 0 Å². The summed E-state index contributed by atoms with van der Waals surface area (Å²) in [6.45, 7) is 2.55. The second-order valence-corrected chi connectivity index (χ2v) is 5.38. The van der Waals surface area contributed by atoms with Gasteiger partial charge in [-0.1, -0.05) is 12.1 Å². The predicted octanol–water partition coefficient (Wildman–Crippen LogP) is 2.51. The molecule has 1 fully saturated rings. The number of methoxy groups -OCH3 is 1. The molecule has 5 nitrogen and oxygen atoms in total. The monoisotopic (exact) mass is 312 g/mol. The smallest absolute Gasteiger partial charge is 0.247 e. The molecule has 3 rings (SSSR count). The first kappa shape index (κ1) is 15.4. The van der Waals surface area contributed by atoms with Crippen LogP contribution in [0.2, 0.25) is 0 Å². The third-order valence-corrected chi connectivity index (χ3v) is 4.00. The summed E-state index contributed by atoms with van der Waals surface area (Å²) in [7, 11) is 1.62. The molecule has 0 unspecified atom stereocenters. The number of nitrogens with two attached hydrogens (primary N) is 1. The van der Waals surface area contributed by atoms with E-state index < -0.39 is 6.04 Å². The molecule has 1 aliphatic heterocycles. The van der Waals surface area contributed by atoms with Gasteiger partial charge in [0.25, 0.3) is 0 Å². The summed E-state index contributed by atoms with van der Waals surface area (Å²) in [5, 5.41) is 0. The van der Waals surface area contributed by atoms with Gasteiger partial charge in [0.1, 0.15) is 17.5 Å². The molecule has 120 valence electrons. The highest BCUT2D eigenvalue weighted by atomic mass is 16.5. The summed E-state index contributed by atoms with van der Waals surface area (Å²) >= 11 is 0. The van der Waals surface area contributed by atoms with Crippen LogP contribution in [0.4, 0.5) is 5.69 Å². The fourth-order valence-corrected chi connectivity index (χ4v) is 2.85. The van der Waals surface area contributed by atoms with Gasteiger partial charge in [0.05, 0.1) is 19.8 Å². The van der Waals surface area contributed by atoms with Crippen molar-refractivity contribution in [2.24, 2.45) is 5.73 Å². The number of nitrogens with zero attached hydrogens (tertiary/aromatic N) is 1. The second-order valence-electron chi connectivity index (χ2n) is 5.38. The molecule has 0 spiro atoms. The highest BCUT2D eigenvalue weighted by Crippen LogP contribution is 2.39. The number of hydrogen-bond acceptors (Lipinski definition) is 4. The summed E-state index contributed by atoms with van der Waals surface area (Å²) in [4.78, 5) is 14.0. The molecule has 1 heterocycles. The Morgan fingerprint density at radius 3 is 2.52 bits per heavy atom. The van der Waals surface area contributed by atoms with Crippen molar-refractivity contribution in [3.63, 3.8) is 0 Å². The van der Waals surface area contributed by atoms with E-state index in [0.29, 0.717) is 6.61 Å². The molecule has 2 aromatic carbocycles. The van der Waals surface area contributed by atoms with Crippen LogP contribution in [0.5, 0.6) is 11.5 Å². The lowest BCUT2D eigenvalue weighted by Crippen LogP contribution is -2.63. The number of anilines is 1. The Kier molecular flexibility index (Phi) is 4.21. The van der Waals surface area contributed by atoms with Crippen molar-refractivity contribution in [1.29, 1.82) is 0 Å². The third kappa shape index (κ3) is 2.75. The Morgan fingerprint density at radius 2 is 1.87 bits per heavy atom. The number of carbonyl (C=O) groups excluding carboxylic acids is 1. The van der Waals surface area contributed by atoms with E-state index >= 15 is 0 Å². The van der Waals surface area contributed by atoms with Gasteiger partial charge in [-0.25, -0.2) is 0 Å². The average molecular weight is 312 g/mol. The number of rotatable bonds is 5. The minimum atomic E-state index is -0.534. The zero-order valence-electron chi connectivity index (χ0n) is 13.2. The van der Waals surface area contributed by atoms with Crippen LogP contribution < -0.4 is 20.1 Å². The van der Waals surface area contributed by atoms with Gasteiger partial charge in [-0.15, -0.1) is 0 Å². The number of hydrogen-bond donors (Lipinski definition) is 1. The molecule has 1 amide bonds. The molecule has 23 heavy (non-hydrogen) atoms. The molecule has 0 bridgehead atoms. The van der Waals surface area contributed by atoms with E-state index in [9.17, 15) is 4.79 Å². The third-order valence-electron chi connectivity index (χ3n) is 4.00. The standard InChI is InChI=1S/C18H20N2O3/c1-3-23-14-9-7-13(8-10-14)20-17(16(19)18(20)21)12-5-4-6-15(11-12)22-2/h4-11,16-17H,3,19H2,1-2H3/t16-,17-/m1/s1. The predicted molar refractivity (Wildman–Crippen MR) is 88.8 cm³/mol. The lowest BCUT2D eigenvalue weighted by atomic mass is 9.88. The molecule has 5 heteroatoms. The van der Waals surface area contributed by atoms with Crippen LogP contribution in [0.15, 0.2) is 48.5 Å². The van der Waals surface area contributed by atoms with E-state index in [0.717, 1.165) is 22.7 Å². The van der Waals surface area contributed by atoms with Crippen LogP contribution in [0, 0.1) is 0 Å². The van der Waals surface area contributed by atoms with Crippen LogP contribution in [0.3, 0.4) is 0 Å². The SMILES string of the molecule is CCOc1ccc(N2C(=O)[C@H](N)[C@H]2c2cccc(OC)c2)cc1. The van der Waals surface area contributed by atoms with Crippen LogP contribution in [0.1, 0.15) is 18.5 Å². The Bertz CT molecular complexity index is 700. The minimum Gasteiger partial charge on any atom is -0.497 e. The Labute approximate surface area is 135 Å². The van der Waals surface area contributed by atoms with Crippen LogP contribution in [-0.4, -0.2) is 25.7 Å². The maximum atomic E-state index is 12.2. The Morgan fingerprint density at radius 1 is 1.13 bits per heavy atom. The van der Waals surface area contributed by atoms with Gasteiger partial charge in [0.2, 0.25) is 5.91 Å². The molecule has 0 radical (unpaired) electrons. The van der Waals surface area contributed by atoms with Gasteiger partial charge < -0.3 is 20.1 Å². The minimum absolute atomic E-state index is 0.0815. The zero-order chi connectivity index (χ0) is 16.4.